The molecule has 1 aliphatic heterocycles. The first-order valence-electron chi connectivity index (χ1n) is 15.3. The minimum absolute atomic E-state index is 0.0585. The number of fused-ring (bicyclic) bond motifs is 2. The third-order valence-corrected chi connectivity index (χ3v) is 11.1. The fraction of sp³-hybridized carbons (Fsp3) is 0.286. The zero-order valence-electron chi connectivity index (χ0n) is 25.5. The van der Waals surface area contributed by atoms with Gasteiger partial charge in [0.25, 0.3) is 10.6 Å². The first kappa shape index (κ1) is 30.4. The number of aromatic nitrogens is 3. The van der Waals surface area contributed by atoms with Crippen molar-refractivity contribution in [2.24, 2.45) is 0 Å². The zero-order valence-corrected chi connectivity index (χ0v) is 28.0. The van der Waals surface area contributed by atoms with Gasteiger partial charge in [0.1, 0.15) is 16.8 Å². The highest BCUT2D eigenvalue weighted by atomic mass is 32.2. The van der Waals surface area contributed by atoms with Crippen molar-refractivity contribution in [1.82, 2.24) is 9.13 Å². The number of hydrogen-bond acceptors (Lipinski definition) is 6. The van der Waals surface area contributed by atoms with Crippen molar-refractivity contribution in [3.63, 3.8) is 0 Å². The van der Waals surface area contributed by atoms with Crippen LogP contribution in [0.4, 0.5) is 5.69 Å². The number of anilines is 1. The highest BCUT2D eigenvalue weighted by molar-refractivity contribution is 8.03. The summed E-state index contributed by atoms with van der Waals surface area (Å²) in [5.74, 6) is -0.0585. The maximum Gasteiger partial charge on any atom is 0.266 e. The van der Waals surface area contributed by atoms with Gasteiger partial charge in [0.2, 0.25) is 11.4 Å². The lowest BCUT2D eigenvalue weighted by Gasteiger charge is -2.18. The van der Waals surface area contributed by atoms with Gasteiger partial charge >= 0.3 is 0 Å². The van der Waals surface area contributed by atoms with E-state index in [0.717, 1.165) is 52.7 Å². The van der Waals surface area contributed by atoms with Crippen molar-refractivity contribution >= 4 is 62.9 Å². The van der Waals surface area contributed by atoms with Crippen LogP contribution in [0.3, 0.4) is 0 Å². The van der Waals surface area contributed by atoms with E-state index in [2.05, 4.69) is 96.1 Å². The summed E-state index contributed by atoms with van der Waals surface area (Å²) in [7, 11) is 0. The second kappa shape index (κ2) is 12.8. The van der Waals surface area contributed by atoms with Crippen LogP contribution in [-0.4, -0.2) is 20.8 Å². The quantitative estimate of drug-likeness (QED) is 0.155. The molecule has 0 spiro atoms. The number of benzene rings is 2. The lowest BCUT2D eigenvalue weighted by atomic mass is 9.99. The summed E-state index contributed by atoms with van der Waals surface area (Å²) < 4.78 is 7.16. The van der Waals surface area contributed by atoms with Gasteiger partial charge in [-0.25, -0.2) is 0 Å². The van der Waals surface area contributed by atoms with Gasteiger partial charge in [0.05, 0.1) is 10.7 Å². The molecule has 2 aromatic heterocycles. The van der Waals surface area contributed by atoms with Crippen LogP contribution in [0.1, 0.15) is 51.1 Å². The van der Waals surface area contributed by atoms with E-state index < -0.39 is 0 Å². The van der Waals surface area contributed by atoms with Crippen molar-refractivity contribution in [2.45, 2.75) is 65.1 Å². The first-order chi connectivity index (χ1) is 21.4. The monoisotopic (exact) mass is 641 g/mol. The fourth-order valence-corrected chi connectivity index (χ4v) is 8.89. The molecule has 0 radical (unpaired) electrons. The topological polar surface area (TPSA) is 54.3 Å². The molecule has 4 aromatic rings. The summed E-state index contributed by atoms with van der Waals surface area (Å²) in [4.78, 5) is 17.6. The minimum atomic E-state index is -0.246. The Labute approximate surface area is 271 Å². The van der Waals surface area contributed by atoms with Crippen LogP contribution in [0.2, 0.25) is 0 Å². The summed E-state index contributed by atoms with van der Waals surface area (Å²) in [5.41, 5.74) is 5.42. The van der Waals surface area contributed by atoms with Crippen LogP contribution in [-0.2, 0) is 19.6 Å². The lowest BCUT2D eigenvalue weighted by molar-refractivity contribution is -0.665. The largest absolute Gasteiger partial charge is 0.494 e. The molecule has 9 heteroatoms. The molecule has 1 N–H and O–H groups in total. The number of aromatic hydroxyl groups is 1. The Morgan fingerprint density at radius 2 is 1.68 bits per heavy atom. The van der Waals surface area contributed by atoms with Crippen LogP contribution in [0.25, 0.3) is 21.9 Å². The second-order valence-electron chi connectivity index (χ2n) is 10.7. The van der Waals surface area contributed by atoms with E-state index in [1.54, 1.807) is 32.2 Å². The van der Waals surface area contributed by atoms with Gasteiger partial charge in [-0.3, -0.25) is 13.9 Å². The summed E-state index contributed by atoms with van der Waals surface area (Å²) >= 11 is 9.14. The van der Waals surface area contributed by atoms with Crippen molar-refractivity contribution < 1.29 is 9.67 Å². The molecular weight excluding hydrogens is 605 g/mol. The summed E-state index contributed by atoms with van der Waals surface area (Å²) in [5, 5.41) is 13.9. The Morgan fingerprint density at radius 1 is 0.932 bits per heavy atom. The molecule has 0 unspecified atom stereocenters. The fourth-order valence-electron chi connectivity index (χ4n) is 6.20. The number of para-hydroxylation sites is 2. The van der Waals surface area contributed by atoms with E-state index in [0.29, 0.717) is 23.4 Å². The third kappa shape index (κ3) is 5.21. The average Bonchev–Trinajstić information content (AvgIpc) is 3.71. The van der Waals surface area contributed by atoms with Crippen LogP contribution in [0.15, 0.2) is 92.6 Å². The van der Waals surface area contributed by atoms with Crippen molar-refractivity contribution in [2.75, 3.05) is 11.4 Å². The molecule has 2 aromatic carbocycles. The first-order valence-corrected chi connectivity index (χ1v) is 17.3. The van der Waals surface area contributed by atoms with Gasteiger partial charge in [0.15, 0.2) is 4.77 Å². The number of thioether (sulfide) groups is 1. The zero-order chi connectivity index (χ0) is 31.0. The molecule has 6 nitrogen and oxygen atoms in total. The third-order valence-electron chi connectivity index (χ3n) is 8.35. The standard InChI is InChI=1S/C35H36N4O2S3/c1-5-36-25-13-9-11-15-27(25)43-29(36)21-19-23-17-18-24(20-22-30-37(6-2)26-14-10-12-16-28(26)44-30)31(23)32-33(40)38(7-3)35(42)39(8-4)34(32)41/h9-16,19-22H,5-8,17-18H2,1-4H3/p+1. The summed E-state index contributed by atoms with van der Waals surface area (Å²) in [6.07, 6.45) is 10.2. The van der Waals surface area contributed by atoms with Gasteiger partial charge in [-0.1, -0.05) is 59.5 Å². The normalized spacial score (nSPS) is 16.9. The number of thiazole rings is 1. The number of nitrogens with zero attached hydrogens (tertiary/aromatic N) is 4. The van der Waals surface area contributed by atoms with Crippen molar-refractivity contribution in [3.8, 4) is 5.88 Å². The van der Waals surface area contributed by atoms with Gasteiger partial charge in [-0.05, 0) is 93.7 Å². The van der Waals surface area contributed by atoms with Crippen LogP contribution >= 0.6 is 35.3 Å². The Morgan fingerprint density at radius 3 is 2.43 bits per heavy atom. The van der Waals surface area contributed by atoms with E-state index in [9.17, 15) is 9.90 Å². The van der Waals surface area contributed by atoms with Gasteiger partial charge in [0, 0.05) is 36.7 Å². The van der Waals surface area contributed by atoms with E-state index in [-0.39, 0.29) is 11.4 Å². The minimum Gasteiger partial charge on any atom is -0.494 e. The molecule has 226 valence electrons. The van der Waals surface area contributed by atoms with Crippen LogP contribution < -0.4 is 15.0 Å². The Balaban J connectivity index is 1.53. The maximum absolute atomic E-state index is 14.0. The number of allylic oxidation sites excluding steroid dienone is 6. The summed E-state index contributed by atoms with van der Waals surface area (Å²) in [6.45, 7) is 10.8. The van der Waals surface area contributed by atoms with Crippen LogP contribution in [0, 0.1) is 4.77 Å². The molecule has 0 bridgehead atoms. The molecule has 3 heterocycles. The number of aryl methyl sites for hydroxylation is 1. The molecule has 1 aliphatic carbocycles. The molecule has 44 heavy (non-hydrogen) atoms. The van der Waals surface area contributed by atoms with E-state index >= 15 is 0 Å². The number of rotatable bonds is 8. The molecule has 0 fully saturated rings. The Bertz CT molecular complexity index is 2010. The van der Waals surface area contributed by atoms with Crippen molar-refractivity contribution in [3.05, 3.63) is 109 Å². The Kier molecular flexibility index (Phi) is 8.80. The van der Waals surface area contributed by atoms with Crippen molar-refractivity contribution in [1.29, 1.82) is 0 Å². The predicted molar refractivity (Wildman–Crippen MR) is 187 cm³/mol. The highest BCUT2D eigenvalue weighted by Gasteiger charge is 2.29. The van der Waals surface area contributed by atoms with Crippen LogP contribution in [0.5, 0.6) is 5.88 Å². The summed E-state index contributed by atoms with van der Waals surface area (Å²) in [6, 6.07) is 16.9. The number of hydrogen-bond donors (Lipinski definition) is 1. The molecule has 0 saturated heterocycles. The lowest BCUT2D eigenvalue weighted by Crippen LogP contribution is -2.33. The predicted octanol–water partition coefficient (Wildman–Crippen LogP) is 8.31. The van der Waals surface area contributed by atoms with E-state index in [4.69, 9.17) is 12.2 Å². The van der Waals surface area contributed by atoms with Gasteiger partial charge in [-0.15, -0.1) is 0 Å². The SMILES string of the molecule is CCN1C(=CC=C2CCC(C=Cc3sc4ccccc4[n+]3CC)=C2c2c(O)n(CC)c(=S)n(CC)c2=O)Sc2ccccc21. The molecule has 0 amide bonds. The van der Waals surface area contributed by atoms with Gasteiger partial charge in [-0.2, -0.15) is 4.57 Å². The van der Waals surface area contributed by atoms with E-state index in [1.165, 1.54) is 20.8 Å². The smallest absolute Gasteiger partial charge is 0.266 e. The molecule has 6 rings (SSSR count). The Hall–Kier alpha value is -3.66. The molecule has 0 atom stereocenters. The second-order valence-corrected chi connectivity index (χ2v) is 13.2. The molecule has 0 saturated carbocycles. The van der Waals surface area contributed by atoms with Gasteiger partial charge < -0.3 is 10.0 Å². The maximum atomic E-state index is 14.0. The average molecular weight is 642 g/mol. The van der Waals surface area contributed by atoms with E-state index in [1.807, 2.05) is 13.8 Å². The highest BCUT2D eigenvalue weighted by Crippen LogP contribution is 2.46. The molecule has 2 aliphatic rings. The molecular formula is C35H37N4O2S3+.